The second kappa shape index (κ2) is 7.27. The fourth-order valence-electron chi connectivity index (χ4n) is 5.63. The molecule has 4 aliphatic carbocycles. The van der Waals surface area contributed by atoms with Gasteiger partial charge in [0.25, 0.3) is 5.91 Å². The SMILES string of the molecule is N#Cc1cccc(C(=O)OCC(=O)NC(=O)NC23CC4CC(CC(C4)C2)C3)c1. The Labute approximate surface area is 163 Å². The van der Waals surface area contributed by atoms with Crippen molar-refractivity contribution < 1.29 is 19.1 Å². The monoisotopic (exact) mass is 381 g/mol. The van der Waals surface area contributed by atoms with Gasteiger partial charge in [-0.2, -0.15) is 5.26 Å². The summed E-state index contributed by atoms with van der Waals surface area (Å²) in [5, 5.41) is 14.2. The third-order valence-electron chi connectivity index (χ3n) is 6.23. The summed E-state index contributed by atoms with van der Waals surface area (Å²) >= 11 is 0. The minimum absolute atomic E-state index is 0.185. The fourth-order valence-corrected chi connectivity index (χ4v) is 5.63. The van der Waals surface area contributed by atoms with Crippen molar-refractivity contribution in [3.63, 3.8) is 0 Å². The van der Waals surface area contributed by atoms with Crippen LogP contribution < -0.4 is 10.6 Å². The average Bonchev–Trinajstić information content (AvgIpc) is 2.64. The molecule has 0 radical (unpaired) electrons. The molecule has 5 rings (SSSR count). The third kappa shape index (κ3) is 3.86. The van der Waals surface area contributed by atoms with Crippen molar-refractivity contribution in [2.75, 3.05) is 6.61 Å². The summed E-state index contributed by atoms with van der Waals surface area (Å²) in [6, 6.07) is 7.44. The average molecular weight is 381 g/mol. The van der Waals surface area contributed by atoms with Gasteiger partial charge in [-0.15, -0.1) is 0 Å². The molecule has 0 aliphatic heterocycles. The van der Waals surface area contributed by atoms with Gasteiger partial charge in [0.1, 0.15) is 0 Å². The highest BCUT2D eigenvalue weighted by atomic mass is 16.5. The van der Waals surface area contributed by atoms with Crippen molar-refractivity contribution in [2.24, 2.45) is 17.8 Å². The molecule has 0 saturated heterocycles. The van der Waals surface area contributed by atoms with Gasteiger partial charge >= 0.3 is 12.0 Å². The lowest BCUT2D eigenvalue weighted by Crippen LogP contribution is -2.62. The highest BCUT2D eigenvalue weighted by Crippen LogP contribution is 2.55. The molecule has 0 atom stereocenters. The Morgan fingerprint density at radius 1 is 1.11 bits per heavy atom. The van der Waals surface area contributed by atoms with Crippen LogP contribution in [0.15, 0.2) is 24.3 Å². The van der Waals surface area contributed by atoms with Crippen LogP contribution in [-0.2, 0) is 9.53 Å². The van der Waals surface area contributed by atoms with Gasteiger partial charge in [0.05, 0.1) is 17.2 Å². The molecule has 146 valence electrons. The van der Waals surface area contributed by atoms with Crippen LogP contribution in [-0.4, -0.2) is 30.1 Å². The number of rotatable bonds is 4. The van der Waals surface area contributed by atoms with E-state index in [1.807, 2.05) is 6.07 Å². The Morgan fingerprint density at radius 2 is 1.75 bits per heavy atom. The number of nitrogens with one attached hydrogen (secondary N) is 2. The van der Waals surface area contributed by atoms with E-state index in [9.17, 15) is 14.4 Å². The molecular formula is C21H23N3O4. The first-order valence-electron chi connectivity index (χ1n) is 9.74. The number of carbonyl (C=O) groups is 3. The maximum atomic E-state index is 12.3. The highest BCUT2D eigenvalue weighted by Gasteiger charge is 2.51. The number of nitriles is 1. The van der Waals surface area contributed by atoms with Crippen molar-refractivity contribution in [1.82, 2.24) is 10.6 Å². The van der Waals surface area contributed by atoms with Crippen molar-refractivity contribution >= 4 is 17.9 Å². The van der Waals surface area contributed by atoms with E-state index in [0.717, 1.165) is 19.3 Å². The first kappa shape index (κ1) is 18.5. The number of urea groups is 1. The zero-order valence-corrected chi connectivity index (χ0v) is 15.6. The first-order valence-corrected chi connectivity index (χ1v) is 9.74. The first-order chi connectivity index (χ1) is 13.4. The van der Waals surface area contributed by atoms with E-state index < -0.39 is 24.5 Å². The zero-order valence-electron chi connectivity index (χ0n) is 15.6. The standard InChI is InChI=1S/C21H23N3O4/c22-11-13-2-1-3-17(7-13)19(26)28-12-18(25)23-20(27)24-21-8-14-4-15(9-21)6-16(5-14)10-21/h1-3,7,14-16H,4-6,8-10,12H2,(H2,23,24,25,27). The van der Waals surface area contributed by atoms with Crippen molar-refractivity contribution in [3.8, 4) is 6.07 Å². The summed E-state index contributed by atoms with van der Waals surface area (Å²) in [6.45, 7) is -0.552. The van der Waals surface area contributed by atoms with Crippen LogP contribution in [0, 0.1) is 29.1 Å². The van der Waals surface area contributed by atoms with Crippen LogP contribution in [0.5, 0.6) is 0 Å². The molecule has 7 nitrogen and oxygen atoms in total. The molecule has 7 heteroatoms. The molecule has 0 unspecified atom stereocenters. The summed E-state index contributed by atoms with van der Waals surface area (Å²) in [5.74, 6) is 0.674. The van der Waals surface area contributed by atoms with E-state index in [-0.39, 0.29) is 11.1 Å². The molecule has 4 bridgehead atoms. The number of carbonyl (C=O) groups excluding carboxylic acids is 3. The molecule has 0 aromatic heterocycles. The van der Waals surface area contributed by atoms with E-state index in [0.29, 0.717) is 23.3 Å². The van der Waals surface area contributed by atoms with Crippen LogP contribution in [0.25, 0.3) is 0 Å². The smallest absolute Gasteiger partial charge is 0.338 e. The van der Waals surface area contributed by atoms with Gasteiger partial charge in [-0.1, -0.05) is 6.07 Å². The Kier molecular flexibility index (Phi) is 4.80. The minimum atomic E-state index is -0.714. The molecule has 0 heterocycles. The largest absolute Gasteiger partial charge is 0.452 e. The van der Waals surface area contributed by atoms with Gasteiger partial charge in [-0.3, -0.25) is 10.1 Å². The van der Waals surface area contributed by atoms with E-state index in [1.54, 1.807) is 12.1 Å². The summed E-state index contributed by atoms with van der Waals surface area (Å²) in [6.07, 6.45) is 6.78. The van der Waals surface area contributed by atoms with Crippen LogP contribution in [0.4, 0.5) is 4.79 Å². The second-order valence-corrected chi connectivity index (χ2v) is 8.47. The number of hydrogen-bond donors (Lipinski definition) is 2. The number of ether oxygens (including phenoxy) is 1. The van der Waals surface area contributed by atoms with E-state index in [1.165, 1.54) is 31.4 Å². The van der Waals surface area contributed by atoms with Crippen LogP contribution in [0.3, 0.4) is 0 Å². The number of benzene rings is 1. The van der Waals surface area contributed by atoms with Crippen molar-refractivity contribution in [3.05, 3.63) is 35.4 Å². The van der Waals surface area contributed by atoms with E-state index in [4.69, 9.17) is 10.00 Å². The lowest BCUT2D eigenvalue weighted by atomic mass is 9.53. The molecule has 3 amide bonds. The molecule has 4 saturated carbocycles. The Balaban J connectivity index is 1.26. The van der Waals surface area contributed by atoms with Gasteiger partial charge in [-0.25, -0.2) is 9.59 Å². The minimum Gasteiger partial charge on any atom is -0.452 e. The van der Waals surface area contributed by atoms with Crippen molar-refractivity contribution in [1.29, 1.82) is 5.26 Å². The van der Waals surface area contributed by atoms with Crippen LogP contribution in [0.1, 0.15) is 54.4 Å². The van der Waals surface area contributed by atoms with Gasteiger partial charge in [-0.05, 0) is 74.5 Å². The Bertz CT molecular complexity index is 822. The van der Waals surface area contributed by atoms with Gasteiger partial charge < -0.3 is 10.1 Å². The normalized spacial score (nSPS) is 29.6. The fraction of sp³-hybridized carbons (Fsp3) is 0.524. The summed E-state index contributed by atoms with van der Waals surface area (Å²) < 4.78 is 4.94. The van der Waals surface area contributed by atoms with E-state index in [2.05, 4.69) is 10.6 Å². The third-order valence-corrected chi connectivity index (χ3v) is 6.23. The topological polar surface area (TPSA) is 108 Å². The number of imide groups is 1. The number of amides is 3. The van der Waals surface area contributed by atoms with Crippen molar-refractivity contribution in [2.45, 2.75) is 44.1 Å². The predicted octanol–water partition coefficient (Wildman–Crippen LogP) is 2.51. The summed E-state index contributed by atoms with van der Waals surface area (Å²) in [5.41, 5.74) is 0.326. The van der Waals surface area contributed by atoms with Crippen LogP contribution in [0.2, 0.25) is 0 Å². The second-order valence-electron chi connectivity index (χ2n) is 8.47. The number of hydrogen-bond acceptors (Lipinski definition) is 5. The molecular weight excluding hydrogens is 358 g/mol. The van der Waals surface area contributed by atoms with Crippen LogP contribution >= 0.6 is 0 Å². The zero-order chi connectivity index (χ0) is 19.7. The van der Waals surface area contributed by atoms with Gasteiger partial charge in [0, 0.05) is 5.54 Å². The summed E-state index contributed by atoms with van der Waals surface area (Å²) in [7, 11) is 0. The molecule has 4 aliphatic rings. The predicted molar refractivity (Wildman–Crippen MR) is 99.0 cm³/mol. The van der Waals surface area contributed by atoms with Gasteiger partial charge in [0.2, 0.25) is 0 Å². The molecule has 1 aromatic carbocycles. The molecule has 0 spiro atoms. The highest BCUT2D eigenvalue weighted by molar-refractivity contribution is 5.97. The van der Waals surface area contributed by atoms with Gasteiger partial charge in [0.15, 0.2) is 6.61 Å². The maximum absolute atomic E-state index is 12.3. The Hall–Kier alpha value is -2.88. The van der Waals surface area contributed by atoms with E-state index >= 15 is 0 Å². The number of esters is 1. The molecule has 1 aromatic rings. The molecule has 28 heavy (non-hydrogen) atoms. The summed E-state index contributed by atoms with van der Waals surface area (Å²) in [4.78, 5) is 36.3. The quantitative estimate of drug-likeness (QED) is 0.779. The maximum Gasteiger partial charge on any atom is 0.338 e. The lowest BCUT2D eigenvalue weighted by Gasteiger charge is -2.56. The molecule has 4 fully saturated rings. The lowest BCUT2D eigenvalue weighted by molar-refractivity contribution is -0.123. The number of nitrogens with zero attached hydrogens (tertiary/aromatic N) is 1. The Morgan fingerprint density at radius 3 is 2.36 bits per heavy atom. The molecule has 2 N–H and O–H groups in total.